The number of pyridine rings is 1. The Morgan fingerprint density at radius 3 is 2.67 bits per heavy atom. The van der Waals surface area contributed by atoms with Crippen molar-refractivity contribution in [1.29, 1.82) is 0 Å². The molecule has 6 heteroatoms. The van der Waals surface area contributed by atoms with E-state index in [0.29, 0.717) is 11.6 Å². The Morgan fingerprint density at radius 1 is 1.44 bits per heavy atom. The molecule has 5 nitrogen and oxygen atoms in total. The third-order valence-electron chi connectivity index (χ3n) is 3.12. The van der Waals surface area contributed by atoms with Gasteiger partial charge in [0.25, 0.3) is 5.91 Å². The molecular weight excluding hydrogens is 235 g/mol. The number of nitrogens with zero attached hydrogens (tertiary/aromatic N) is 2. The molecule has 0 aromatic carbocycles. The first-order valence-corrected chi connectivity index (χ1v) is 6.06. The fraction of sp³-hybridized carbons (Fsp3) is 0.500. The van der Waals surface area contributed by atoms with Crippen molar-refractivity contribution in [2.45, 2.75) is 19.3 Å². The Hall–Kier alpha value is -1.85. The van der Waals surface area contributed by atoms with E-state index in [0.717, 1.165) is 38.4 Å². The van der Waals surface area contributed by atoms with Crippen LogP contribution in [0.15, 0.2) is 6.07 Å². The highest BCUT2D eigenvalue weighted by Gasteiger charge is 2.20. The summed E-state index contributed by atoms with van der Waals surface area (Å²) in [7, 11) is 1.63. The maximum absolute atomic E-state index is 14.0. The van der Waals surface area contributed by atoms with Gasteiger partial charge >= 0.3 is 0 Å². The van der Waals surface area contributed by atoms with E-state index in [1.807, 2.05) is 4.90 Å². The first kappa shape index (κ1) is 12.6. The van der Waals surface area contributed by atoms with Crippen LogP contribution in [0.3, 0.4) is 0 Å². The summed E-state index contributed by atoms with van der Waals surface area (Å²) in [5.74, 6) is -0.561. The molecule has 1 saturated heterocycles. The quantitative estimate of drug-likeness (QED) is 0.852. The molecule has 98 valence electrons. The predicted octanol–water partition coefficient (Wildman–Crippen LogP) is 1.35. The number of carbonyl (C=O) groups excluding carboxylic acids is 1. The zero-order chi connectivity index (χ0) is 13.1. The third kappa shape index (κ3) is 2.37. The highest BCUT2D eigenvalue weighted by atomic mass is 19.1. The van der Waals surface area contributed by atoms with E-state index >= 15 is 0 Å². The molecule has 0 aliphatic carbocycles. The summed E-state index contributed by atoms with van der Waals surface area (Å²) >= 11 is 0. The number of anilines is 2. The van der Waals surface area contributed by atoms with Crippen molar-refractivity contribution in [2.75, 3.05) is 30.4 Å². The van der Waals surface area contributed by atoms with E-state index in [-0.39, 0.29) is 5.56 Å². The topological polar surface area (TPSA) is 71.2 Å². The lowest BCUT2D eigenvalue weighted by atomic mass is 10.1. The number of aromatic nitrogens is 1. The molecule has 2 rings (SSSR count). The van der Waals surface area contributed by atoms with Crippen LogP contribution >= 0.6 is 0 Å². The summed E-state index contributed by atoms with van der Waals surface area (Å²) in [5.41, 5.74) is 5.27. The summed E-state index contributed by atoms with van der Waals surface area (Å²) in [5, 5.41) is 2.78. The summed E-state index contributed by atoms with van der Waals surface area (Å²) < 4.78 is 14.0. The zero-order valence-electron chi connectivity index (χ0n) is 10.4. The van der Waals surface area contributed by atoms with Crippen molar-refractivity contribution >= 4 is 17.5 Å². The van der Waals surface area contributed by atoms with Crippen LogP contribution in [0.4, 0.5) is 16.0 Å². The van der Waals surface area contributed by atoms with E-state index < -0.39 is 11.7 Å². The van der Waals surface area contributed by atoms with Gasteiger partial charge < -0.3 is 16.0 Å². The average Bonchev–Trinajstić information content (AvgIpc) is 2.39. The summed E-state index contributed by atoms with van der Waals surface area (Å²) in [4.78, 5) is 17.3. The minimum Gasteiger partial charge on any atom is -0.372 e. The molecule has 1 fully saturated rings. The molecule has 1 aromatic rings. The van der Waals surface area contributed by atoms with Gasteiger partial charge in [-0.3, -0.25) is 4.79 Å². The molecule has 18 heavy (non-hydrogen) atoms. The third-order valence-corrected chi connectivity index (χ3v) is 3.12. The Labute approximate surface area is 105 Å². The van der Waals surface area contributed by atoms with Crippen LogP contribution in [-0.4, -0.2) is 31.0 Å². The summed E-state index contributed by atoms with van der Waals surface area (Å²) in [6, 6.07) is 1.16. The van der Waals surface area contributed by atoms with Gasteiger partial charge in [-0.1, -0.05) is 0 Å². The monoisotopic (exact) mass is 252 g/mol. The largest absolute Gasteiger partial charge is 0.372 e. The fourth-order valence-electron chi connectivity index (χ4n) is 2.19. The number of hydrogen-bond donors (Lipinski definition) is 2. The number of piperidine rings is 1. The van der Waals surface area contributed by atoms with Crippen molar-refractivity contribution in [2.24, 2.45) is 5.73 Å². The Bertz CT molecular complexity index is 458. The van der Waals surface area contributed by atoms with Crippen LogP contribution in [-0.2, 0) is 0 Å². The number of rotatable bonds is 3. The number of nitrogens with one attached hydrogen (secondary N) is 1. The van der Waals surface area contributed by atoms with Gasteiger partial charge in [0.15, 0.2) is 11.6 Å². The Morgan fingerprint density at radius 2 is 2.11 bits per heavy atom. The Balaban J connectivity index is 2.39. The average molecular weight is 252 g/mol. The minimum absolute atomic E-state index is 0.0794. The molecule has 0 atom stereocenters. The Kier molecular flexibility index (Phi) is 3.64. The van der Waals surface area contributed by atoms with E-state index in [1.54, 1.807) is 7.05 Å². The van der Waals surface area contributed by atoms with Gasteiger partial charge in [0, 0.05) is 20.1 Å². The fourth-order valence-corrected chi connectivity index (χ4v) is 2.19. The van der Waals surface area contributed by atoms with Crippen molar-refractivity contribution < 1.29 is 9.18 Å². The van der Waals surface area contributed by atoms with Gasteiger partial charge in [-0.2, -0.15) is 0 Å². The first-order chi connectivity index (χ1) is 8.63. The van der Waals surface area contributed by atoms with Gasteiger partial charge in [0.1, 0.15) is 5.82 Å². The van der Waals surface area contributed by atoms with E-state index in [1.165, 1.54) is 0 Å². The van der Waals surface area contributed by atoms with Crippen molar-refractivity contribution in [1.82, 2.24) is 4.98 Å². The van der Waals surface area contributed by atoms with Crippen LogP contribution in [0.1, 0.15) is 29.6 Å². The maximum Gasteiger partial charge on any atom is 0.252 e. The highest BCUT2D eigenvalue weighted by Crippen LogP contribution is 2.25. The number of carbonyl (C=O) groups is 1. The molecule has 0 radical (unpaired) electrons. The normalized spacial score (nSPS) is 15.6. The summed E-state index contributed by atoms with van der Waals surface area (Å²) in [6.07, 6.45) is 3.23. The van der Waals surface area contributed by atoms with Gasteiger partial charge in [-0.25, -0.2) is 9.37 Å². The molecule has 0 unspecified atom stereocenters. The van der Waals surface area contributed by atoms with Crippen LogP contribution in [0.5, 0.6) is 0 Å². The first-order valence-electron chi connectivity index (χ1n) is 6.06. The molecule has 0 spiro atoms. The predicted molar refractivity (Wildman–Crippen MR) is 68.3 cm³/mol. The van der Waals surface area contributed by atoms with Crippen LogP contribution in [0, 0.1) is 5.82 Å². The van der Waals surface area contributed by atoms with Crippen molar-refractivity contribution in [3.05, 3.63) is 17.4 Å². The molecule has 1 aliphatic rings. The standard InChI is InChI=1S/C12H17FN4O/c1-15-11-8(10(14)18)7-9(13)12(16-11)17-5-3-2-4-6-17/h7H,2-6H2,1H3,(H2,14,18)(H,15,16). The number of primary amides is 1. The van der Waals surface area contributed by atoms with Gasteiger partial charge in [-0.15, -0.1) is 0 Å². The molecule has 3 N–H and O–H groups in total. The number of halogens is 1. The number of nitrogens with two attached hydrogens (primary N) is 1. The van der Waals surface area contributed by atoms with E-state index in [2.05, 4.69) is 10.3 Å². The van der Waals surface area contributed by atoms with Gasteiger partial charge in [0.05, 0.1) is 5.56 Å². The van der Waals surface area contributed by atoms with Crippen LogP contribution < -0.4 is 16.0 Å². The molecule has 0 saturated carbocycles. The molecule has 0 bridgehead atoms. The second kappa shape index (κ2) is 5.20. The van der Waals surface area contributed by atoms with E-state index in [4.69, 9.17) is 5.73 Å². The molecule has 1 aliphatic heterocycles. The molecule has 1 amide bonds. The lowest BCUT2D eigenvalue weighted by molar-refractivity contribution is 0.100. The summed E-state index contributed by atoms with van der Waals surface area (Å²) in [6.45, 7) is 1.59. The van der Waals surface area contributed by atoms with Crippen molar-refractivity contribution in [3.63, 3.8) is 0 Å². The van der Waals surface area contributed by atoms with E-state index in [9.17, 15) is 9.18 Å². The smallest absolute Gasteiger partial charge is 0.252 e. The van der Waals surface area contributed by atoms with Crippen LogP contribution in [0.2, 0.25) is 0 Å². The van der Waals surface area contributed by atoms with Crippen LogP contribution in [0.25, 0.3) is 0 Å². The zero-order valence-corrected chi connectivity index (χ0v) is 10.4. The molecule has 1 aromatic heterocycles. The lowest BCUT2D eigenvalue weighted by Gasteiger charge is -2.28. The SMILES string of the molecule is CNc1nc(N2CCCCC2)c(F)cc1C(N)=O. The lowest BCUT2D eigenvalue weighted by Crippen LogP contribution is -2.31. The second-order valence-corrected chi connectivity index (χ2v) is 4.35. The number of hydrogen-bond acceptors (Lipinski definition) is 4. The molecule has 2 heterocycles. The molecular formula is C12H17FN4O. The van der Waals surface area contributed by atoms with Crippen molar-refractivity contribution in [3.8, 4) is 0 Å². The maximum atomic E-state index is 14.0. The second-order valence-electron chi connectivity index (χ2n) is 4.35. The van der Waals surface area contributed by atoms with Gasteiger partial charge in [0.2, 0.25) is 0 Å². The minimum atomic E-state index is -0.684. The van der Waals surface area contributed by atoms with Gasteiger partial charge in [-0.05, 0) is 25.3 Å². The number of amides is 1. The highest BCUT2D eigenvalue weighted by molar-refractivity contribution is 5.97.